The van der Waals surface area contributed by atoms with Gasteiger partial charge in [-0.1, -0.05) is 64.7 Å². The molecule has 7 nitrogen and oxygen atoms in total. The van der Waals surface area contributed by atoms with Crippen molar-refractivity contribution in [1.82, 2.24) is 10.2 Å². The minimum absolute atomic E-state index is 0.0978. The maximum atomic E-state index is 14.1. The van der Waals surface area contributed by atoms with E-state index in [1.54, 1.807) is 43.3 Å². The average molecular weight is 641 g/mol. The first-order chi connectivity index (χ1) is 19.5. The van der Waals surface area contributed by atoms with Gasteiger partial charge in [0.25, 0.3) is 10.0 Å². The summed E-state index contributed by atoms with van der Waals surface area (Å²) in [5.41, 5.74) is 4.09. The molecule has 4 rings (SSSR count). The Labute approximate surface area is 252 Å². The number of anilines is 1. The van der Waals surface area contributed by atoms with Gasteiger partial charge in [-0.15, -0.1) is 0 Å². The molecule has 0 aromatic heterocycles. The van der Waals surface area contributed by atoms with Crippen molar-refractivity contribution in [1.29, 1.82) is 0 Å². The van der Waals surface area contributed by atoms with Gasteiger partial charge < -0.3 is 10.2 Å². The first-order valence-corrected chi connectivity index (χ1v) is 16.2. The van der Waals surface area contributed by atoms with Crippen LogP contribution in [-0.2, 0) is 26.2 Å². The van der Waals surface area contributed by atoms with Crippen LogP contribution in [0.15, 0.2) is 76.1 Å². The molecule has 9 heteroatoms. The highest BCUT2D eigenvalue weighted by molar-refractivity contribution is 9.10. The monoisotopic (exact) mass is 639 g/mol. The third kappa shape index (κ3) is 7.57. The summed E-state index contributed by atoms with van der Waals surface area (Å²) in [6, 6.07) is 18.8. The van der Waals surface area contributed by atoms with Crippen molar-refractivity contribution in [3.63, 3.8) is 0 Å². The van der Waals surface area contributed by atoms with Gasteiger partial charge in [0.15, 0.2) is 0 Å². The lowest BCUT2D eigenvalue weighted by Gasteiger charge is -2.32. The van der Waals surface area contributed by atoms with Gasteiger partial charge in [0.2, 0.25) is 11.8 Å². The molecule has 2 amide bonds. The SMILES string of the molecule is Cc1ccc(S(=O)(=O)N(CC(=O)N(Cc2ccc(Br)cc2)[C@H](C)C(=O)NC2CCCC2)c2ccc(C)c(C)c2)cc1. The van der Waals surface area contributed by atoms with E-state index in [0.29, 0.717) is 5.69 Å². The number of amides is 2. The lowest BCUT2D eigenvalue weighted by molar-refractivity contribution is -0.139. The summed E-state index contributed by atoms with van der Waals surface area (Å²) in [7, 11) is -4.09. The number of carbonyl (C=O) groups excluding carboxylic acids is 2. The molecule has 3 aromatic carbocycles. The van der Waals surface area contributed by atoms with Crippen molar-refractivity contribution in [3.8, 4) is 0 Å². The Hall–Kier alpha value is -3.17. The quantitative estimate of drug-likeness (QED) is 0.293. The molecule has 218 valence electrons. The van der Waals surface area contributed by atoms with Crippen LogP contribution in [0.4, 0.5) is 5.69 Å². The molecule has 1 aliphatic carbocycles. The van der Waals surface area contributed by atoms with Crippen molar-refractivity contribution in [2.45, 2.75) is 76.9 Å². The van der Waals surface area contributed by atoms with E-state index in [-0.39, 0.29) is 23.4 Å². The molecule has 3 aromatic rings. The van der Waals surface area contributed by atoms with Crippen LogP contribution in [0.25, 0.3) is 0 Å². The summed E-state index contributed by atoms with van der Waals surface area (Å²) in [4.78, 5) is 29.0. The van der Waals surface area contributed by atoms with E-state index in [2.05, 4.69) is 21.2 Å². The number of sulfonamides is 1. The van der Waals surface area contributed by atoms with Crippen molar-refractivity contribution in [3.05, 3.63) is 93.5 Å². The molecule has 1 N–H and O–H groups in total. The topological polar surface area (TPSA) is 86.8 Å². The van der Waals surface area contributed by atoms with Gasteiger partial charge in [-0.25, -0.2) is 8.42 Å². The zero-order chi connectivity index (χ0) is 29.7. The molecule has 0 unspecified atom stereocenters. The van der Waals surface area contributed by atoms with E-state index >= 15 is 0 Å². The average Bonchev–Trinajstić information content (AvgIpc) is 3.45. The third-order valence-electron chi connectivity index (χ3n) is 7.80. The fraction of sp³-hybridized carbons (Fsp3) is 0.375. The van der Waals surface area contributed by atoms with Crippen LogP contribution in [-0.4, -0.2) is 43.8 Å². The van der Waals surface area contributed by atoms with Crippen molar-refractivity contribution < 1.29 is 18.0 Å². The van der Waals surface area contributed by atoms with Crippen LogP contribution in [0.5, 0.6) is 0 Å². The molecule has 0 radical (unpaired) electrons. The number of nitrogens with zero attached hydrogens (tertiary/aromatic N) is 2. The van der Waals surface area contributed by atoms with E-state index in [4.69, 9.17) is 0 Å². The van der Waals surface area contributed by atoms with Gasteiger partial charge >= 0.3 is 0 Å². The zero-order valence-electron chi connectivity index (χ0n) is 24.1. The normalized spacial score (nSPS) is 14.5. The number of halogens is 1. The minimum Gasteiger partial charge on any atom is -0.352 e. The van der Waals surface area contributed by atoms with Crippen molar-refractivity contribution in [2.75, 3.05) is 10.8 Å². The van der Waals surface area contributed by atoms with E-state index in [1.807, 2.05) is 51.1 Å². The largest absolute Gasteiger partial charge is 0.352 e. The molecule has 0 heterocycles. The van der Waals surface area contributed by atoms with E-state index < -0.39 is 28.5 Å². The predicted octanol–water partition coefficient (Wildman–Crippen LogP) is 6.05. The Kier molecular flexibility index (Phi) is 9.92. The first kappa shape index (κ1) is 30.8. The Morgan fingerprint density at radius 3 is 2.17 bits per heavy atom. The maximum Gasteiger partial charge on any atom is 0.264 e. The highest BCUT2D eigenvalue weighted by atomic mass is 79.9. The van der Waals surface area contributed by atoms with E-state index in [0.717, 1.165) is 56.7 Å². The molecule has 1 atom stereocenters. The highest BCUT2D eigenvalue weighted by Gasteiger charge is 2.33. The fourth-order valence-electron chi connectivity index (χ4n) is 5.01. The summed E-state index contributed by atoms with van der Waals surface area (Å²) in [6.45, 7) is 7.17. The number of rotatable bonds is 10. The molecule has 0 saturated heterocycles. The van der Waals surface area contributed by atoms with Crippen LogP contribution in [0, 0.1) is 20.8 Å². The van der Waals surface area contributed by atoms with Gasteiger partial charge in [-0.2, -0.15) is 0 Å². The smallest absolute Gasteiger partial charge is 0.264 e. The first-order valence-electron chi connectivity index (χ1n) is 14.0. The number of benzene rings is 3. The number of hydrogen-bond donors (Lipinski definition) is 1. The second kappa shape index (κ2) is 13.2. The maximum absolute atomic E-state index is 14.1. The number of nitrogens with one attached hydrogen (secondary N) is 1. The molecule has 1 fully saturated rings. The Morgan fingerprint density at radius 2 is 1.56 bits per heavy atom. The van der Waals surface area contributed by atoms with Crippen LogP contribution < -0.4 is 9.62 Å². The predicted molar refractivity (Wildman–Crippen MR) is 166 cm³/mol. The summed E-state index contributed by atoms with van der Waals surface area (Å²) in [5, 5.41) is 3.10. The minimum atomic E-state index is -4.09. The lowest BCUT2D eigenvalue weighted by atomic mass is 10.1. The molecule has 1 aliphatic rings. The second-order valence-electron chi connectivity index (χ2n) is 10.9. The van der Waals surface area contributed by atoms with Crippen LogP contribution in [0.2, 0.25) is 0 Å². The van der Waals surface area contributed by atoms with Gasteiger partial charge in [0.05, 0.1) is 10.6 Å². The number of carbonyl (C=O) groups is 2. The highest BCUT2D eigenvalue weighted by Crippen LogP contribution is 2.27. The van der Waals surface area contributed by atoms with Gasteiger partial charge in [0, 0.05) is 17.1 Å². The van der Waals surface area contributed by atoms with Gasteiger partial charge in [-0.05, 0) is 93.6 Å². The summed E-state index contributed by atoms with van der Waals surface area (Å²) in [6.07, 6.45) is 3.99. The van der Waals surface area contributed by atoms with Crippen LogP contribution in [0.3, 0.4) is 0 Å². The molecule has 0 aliphatic heterocycles. The third-order valence-corrected chi connectivity index (χ3v) is 10.1. The number of hydrogen-bond acceptors (Lipinski definition) is 4. The Morgan fingerprint density at radius 1 is 0.927 bits per heavy atom. The molecule has 41 heavy (non-hydrogen) atoms. The Bertz CT molecular complexity index is 1480. The summed E-state index contributed by atoms with van der Waals surface area (Å²) >= 11 is 3.44. The van der Waals surface area contributed by atoms with E-state index in [1.165, 1.54) is 4.90 Å². The Balaban J connectivity index is 1.70. The number of aryl methyl sites for hydroxylation is 3. The molecular weight excluding hydrogens is 602 g/mol. The summed E-state index contributed by atoms with van der Waals surface area (Å²) in [5.74, 6) is -0.697. The fourth-order valence-corrected chi connectivity index (χ4v) is 6.68. The van der Waals surface area contributed by atoms with Crippen molar-refractivity contribution in [2.24, 2.45) is 0 Å². The molecule has 0 bridgehead atoms. The zero-order valence-corrected chi connectivity index (χ0v) is 26.5. The van der Waals surface area contributed by atoms with Gasteiger partial charge in [0.1, 0.15) is 12.6 Å². The lowest BCUT2D eigenvalue weighted by Crippen LogP contribution is -2.52. The van der Waals surface area contributed by atoms with Crippen LogP contribution in [0.1, 0.15) is 54.9 Å². The van der Waals surface area contributed by atoms with Crippen molar-refractivity contribution >= 4 is 43.5 Å². The molecule has 1 saturated carbocycles. The van der Waals surface area contributed by atoms with Crippen LogP contribution >= 0.6 is 15.9 Å². The van der Waals surface area contributed by atoms with E-state index in [9.17, 15) is 18.0 Å². The van der Waals surface area contributed by atoms with Gasteiger partial charge in [-0.3, -0.25) is 13.9 Å². The molecule has 0 spiro atoms. The summed E-state index contributed by atoms with van der Waals surface area (Å²) < 4.78 is 30.1. The standard InChI is InChI=1S/C32H38BrN3O4S/c1-22-9-17-30(18-10-22)41(39,40)36(29-16-11-23(2)24(3)19-29)21-31(37)35(20-26-12-14-27(33)15-13-26)25(4)32(38)34-28-7-5-6-8-28/h9-19,25,28H,5-8,20-21H2,1-4H3,(H,34,38)/t25-/m1/s1. The molecular formula is C32H38BrN3O4S. The second-order valence-corrected chi connectivity index (χ2v) is 13.7.